The van der Waals surface area contributed by atoms with Crippen LogP contribution >= 0.6 is 0 Å². The Hall–Kier alpha value is -1.41. The summed E-state index contributed by atoms with van der Waals surface area (Å²) in [7, 11) is 0. The summed E-state index contributed by atoms with van der Waals surface area (Å²) in [5.74, 6) is 0.660. The molecule has 1 unspecified atom stereocenters. The molecule has 1 atom stereocenters. The molecule has 102 valence electrons. The van der Waals surface area contributed by atoms with Crippen molar-refractivity contribution >= 4 is 10.9 Å². The third kappa shape index (κ3) is 2.95. The molecule has 0 bridgehead atoms. The zero-order valence-electron chi connectivity index (χ0n) is 12.2. The lowest BCUT2D eigenvalue weighted by Gasteiger charge is -2.27. The van der Waals surface area contributed by atoms with Gasteiger partial charge in [0.2, 0.25) is 0 Å². The van der Waals surface area contributed by atoms with Crippen molar-refractivity contribution in [2.24, 2.45) is 5.92 Å². The summed E-state index contributed by atoms with van der Waals surface area (Å²) >= 11 is 0. The molecule has 2 rings (SSSR count). The van der Waals surface area contributed by atoms with Crippen LogP contribution in [0.4, 0.5) is 0 Å². The zero-order chi connectivity index (χ0) is 13.7. The molecule has 0 aliphatic carbocycles. The van der Waals surface area contributed by atoms with Crippen molar-refractivity contribution in [1.82, 2.24) is 10.3 Å². The summed E-state index contributed by atoms with van der Waals surface area (Å²) in [6.45, 7) is 7.71. The van der Waals surface area contributed by atoms with Gasteiger partial charge in [-0.05, 0) is 24.1 Å². The summed E-state index contributed by atoms with van der Waals surface area (Å²) < 4.78 is 0. The normalized spacial score (nSPS) is 13.1. The Morgan fingerprint density at radius 3 is 2.47 bits per heavy atom. The van der Waals surface area contributed by atoms with Gasteiger partial charge in [0.1, 0.15) is 0 Å². The fraction of sp³-hybridized carbons (Fsp3) is 0.471. The SMILES string of the molecule is CCNC(c1cccc2cccnc12)C(CC)CC. The number of para-hydroxylation sites is 1. The molecule has 0 aliphatic rings. The molecule has 0 saturated carbocycles. The number of benzene rings is 1. The van der Waals surface area contributed by atoms with E-state index in [0.717, 1.165) is 12.1 Å². The van der Waals surface area contributed by atoms with Crippen molar-refractivity contribution in [3.8, 4) is 0 Å². The Morgan fingerprint density at radius 2 is 1.79 bits per heavy atom. The monoisotopic (exact) mass is 256 g/mol. The van der Waals surface area contributed by atoms with Crippen LogP contribution in [-0.2, 0) is 0 Å². The molecular weight excluding hydrogens is 232 g/mol. The first-order valence-corrected chi connectivity index (χ1v) is 7.38. The highest BCUT2D eigenvalue weighted by atomic mass is 14.9. The van der Waals surface area contributed by atoms with Gasteiger partial charge in [0, 0.05) is 17.6 Å². The molecular formula is C17H24N2. The zero-order valence-corrected chi connectivity index (χ0v) is 12.2. The van der Waals surface area contributed by atoms with Crippen molar-refractivity contribution in [1.29, 1.82) is 0 Å². The molecule has 0 spiro atoms. The topological polar surface area (TPSA) is 24.9 Å². The first kappa shape index (κ1) is 14.0. The Balaban J connectivity index is 2.49. The van der Waals surface area contributed by atoms with Crippen molar-refractivity contribution in [3.63, 3.8) is 0 Å². The van der Waals surface area contributed by atoms with E-state index in [0.29, 0.717) is 12.0 Å². The number of nitrogens with one attached hydrogen (secondary N) is 1. The first-order valence-electron chi connectivity index (χ1n) is 7.38. The number of fused-ring (bicyclic) bond motifs is 1. The van der Waals surface area contributed by atoms with Crippen LogP contribution in [0.5, 0.6) is 0 Å². The molecule has 2 aromatic rings. The molecule has 1 aromatic heterocycles. The Morgan fingerprint density at radius 1 is 1.05 bits per heavy atom. The highest BCUT2D eigenvalue weighted by Crippen LogP contribution is 2.31. The molecule has 0 aliphatic heterocycles. The Kier molecular flexibility index (Phi) is 4.92. The molecule has 2 nitrogen and oxygen atoms in total. The second kappa shape index (κ2) is 6.67. The predicted octanol–water partition coefficient (Wildman–Crippen LogP) is 4.32. The Bertz CT molecular complexity index is 512. The van der Waals surface area contributed by atoms with E-state index < -0.39 is 0 Å². The fourth-order valence-corrected chi connectivity index (χ4v) is 2.89. The smallest absolute Gasteiger partial charge is 0.0749 e. The Labute approximate surface area is 116 Å². The van der Waals surface area contributed by atoms with Crippen LogP contribution in [0.15, 0.2) is 36.5 Å². The highest BCUT2D eigenvalue weighted by molar-refractivity contribution is 5.82. The van der Waals surface area contributed by atoms with E-state index in [4.69, 9.17) is 0 Å². The lowest BCUT2D eigenvalue weighted by molar-refractivity contribution is 0.348. The van der Waals surface area contributed by atoms with Crippen molar-refractivity contribution in [2.45, 2.75) is 39.7 Å². The van der Waals surface area contributed by atoms with Gasteiger partial charge in [-0.25, -0.2) is 0 Å². The maximum Gasteiger partial charge on any atom is 0.0749 e. The minimum Gasteiger partial charge on any atom is -0.310 e. The summed E-state index contributed by atoms with van der Waals surface area (Å²) in [6.07, 6.45) is 4.27. The molecule has 19 heavy (non-hydrogen) atoms. The molecule has 2 heteroatoms. The van der Waals surface area contributed by atoms with Crippen LogP contribution in [0.2, 0.25) is 0 Å². The van der Waals surface area contributed by atoms with Crippen LogP contribution in [-0.4, -0.2) is 11.5 Å². The van der Waals surface area contributed by atoms with E-state index in [-0.39, 0.29) is 0 Å². The van der Waals surface area contributed by atoms with E-state index in [2.05, 4.69) is 55.3 Å². The summed E-state index contributed by atoms with van der Waals surface area (Å²) in [6, 6.07) is 11.1. The van der Waals surface area contributed by atoms with Crippen LogP contribution in [0, 0.1) is 5.92 Å². The molecule has 1 N–H and O–H groups in total. The molecule has 0 saturated heterocycles. The van der Waals surface area contributed by atoms with Gasteiger partial charge in [-0.3, -0.25) is 4.98 Å². The van der Waals surface area contributed by atoms with Gasteiger partial charge in [-0.1, -0.05) is 57.9 Å². The molecule has 0 radical (unpaired) electrons. The number of hydrogen-bond acceptors (Lipinski definition) is 2. The average molecular weight is 256 g/mol. The van der Waals surface area contributed by atoms with Crippen LogP contribution < -0.4 is 5.32 Å². The maximum absolute atomic E-state index is 4.60. The number of hydrogen-bond donors (Lipinski definition) is 1. The largest absolute Gasteiger partial charge is 0.310 e. The van der Waals surface area contributed by atoms with Gasteiger partial charge in [-0.15, -0.1) is 0 Å². The molecule has 1 aromatic carbocycles. The molecule has 1 heterocycles. The lowest BCUT2D eigenvalue weighted by Crippen LogP contribution is -2.28. The standard InChI is InChI=1S/C17H24N2/c1-4-13(5-2)16(18-6-3)15-11-7-9-14-10-8-12-19-17(14)15/h7-13,16,18H,4-6H2,1-3H3. The van der Waals surface area contributed by atoms with Gasteiger partial charge < -0.3 is 5.32 Å². The van der Waals surface area contributed by atoms with E-state index >= 15 is 0 Å². The first-order chi connectivity index (χ1) is 9.31. The van der Waals surface area contributed by atoms with Gasteiger partial charge in [0.05, 0.1) is 5.52 Å². The second-order valence-electron chi connectivity index (χ2n) is 5.03. The van der Waals surface area contributed by atoms with Crippen LogP contribution in [0.25, 0.3) is 10.9 Å². The third-order valence-corrected chi connectivity index (χ3v) is 3.94. The van der Waals surface area contributed by atoms with E-state index in [1.54, 1.807) is 0 Å². The quantitative estimate of drug-likeness (QED) is 0.832. The van der Waals surface area contributed by atoms with Crippen LogP contribution in [0.1, 0.15) is 45.2 Å². The fourth-order valence-electron chi connectivity index (χ4n) is 2.89. The number of pyridine rings is 1. The summed E-state index contributed by atoms with van der Waals surface area (Å²) in [5.41, 5.74) is 2.48. The van der Waals surface area contributed by atoms with Crippen molar-refractivity contribution in [3.05, 3.63) is 42.1 Å². The predicted molar refractivity (Wildman–Crippen MR) is 82.2 cm³/mol. The van der Waals surface area contributed by atoms with Crippen LogP contribution in [0.3, 0.4) is 0 Å². The summed E-state index contributed by atoms with van der Waals surface area (Å²) in [4.78, 5) is 4.60. The number of nitrogens with zero attached hydrogens (tertiary/aromatic N) is 1. The second-order valence-corrected chi connectivity index (χ2v) is 5.03. The number of rotatable bonds is 6. The van der Waals surface area contributed by atoms with E-state index in [1.165, 1.54) is 23.8 Å². The van der Waals surface area contributed by atoms with Gasteiger partial charge in [0.15, 0.2) is 0 Å². The average Bonchev–Trinajstić information content (AvgIpc) is 2.47. The van der Waals surface area contributed by atoms with E-state index in [9.17, 15) is 0 Å². The molecule has 0 amide bonds. The molecule has 0 fully saturated rings. The van der Waals surface area contributed by atoms with Crippen molar-refractivity contribution < 1.29 is 0 Å². The third-order valence-electron chi connectivity index (χ3n) is 3.94. The van der Waals surface area contributed by atoms with Gasteiger partial charge >= 0.3 is 0 Å². The highest BCUT2D eigenvalue weighted by Gasteiger charge is 2.21. The minimum atomic E-state index is 0.401. The van der Waals surface area contributed by atoms with Gasteiger partial charge in [-0.2, -0.15) is 0 Å². The van der Waals surface area contributed by atoms with Crippen molar-refractivity contribution in [2.75, 3.05) is 6.54 Å². The summed E-state index contributed by atoms with van der Waals surface area (Å²) in [5, 5.41) is 4.88. The van der Waals surface area contributed by atoms with E-state index in [1.807, 2.05) is 12.3 Å². The maximum atomic E-state index is 4.60. The van der Waals surface area contributed by atoms with Gasteiger partial charge in [0.25, 0.3) is 0 Å². The number of aromatic nitrogens is 1. The minimum absolute atomic E-state index is 0.401. The lowest BCUT2D eigenvalue weighted by atomic mass is 9.87.